The molecule has 3 heteroatoms. The molecule has 6 fully saturated rings. The molecular weight excluding hydrogens is 300 g/mol. The number of hydrogen-bond acceptors (Lipinski definition) is 3. The van der Waals surface area contributed by atoms with Gasteiger partial charge in [0.25, 0.3) is 0 Å². The number of ketones is 1. The second kappa shape index (κ2) is 3.99. The molecule has 7 aliphatic carbocycles. The predicted molar refractivity (Wildman–Crippen MR) is 87.9 cm³/mol. The lowest BCUT2D eigenvalue weighted by Gasteiger charge is -2.57. The zero-order valence-electron chi connectivity index (χ0n) is 14.4. The molecule has 4 bridgehead atoms. The average molecular weight is 326 g/mol. The van der Waals surface area contributed by atoms with Crippen molar-refractivity contribution < 1.29 is 14.3 Å². The summed E-state index contributed by atoms with van der Waals surface area (Å²) >= 11 is 0. The van der Waals surface area contributed by atoms with Crippen LogP contribution in [0.1, 0.15) is 58.3 Å². The molecule has 0 heterocycles. The first-order valence-electron chi connectivity index (χ1n) is 9.89. The van der Waals surface area contributed by atoms with Crippen LogP contribution >= 0.6 is 0 Å². The Morgan fingerprint density at radius 1 is 0.958 bits per heavy atom. The van der Waals surface area contributed by atoms with Gasteiger partial charge in [-0.05, 0) is 81.0 Å². The fourth-order valence-electron chi connectivity index (χ4n) is 7.95. The van der Waals surface area contributed by atoms with Crippen LogP contribution in [0.2, 0.25) is 0 Å². The average Bonchev–Trinajstić information content (AvgIpc) is 3.13. The first-order valence-corrected chi connectivity index (χ1v) is 9.89. The van der Waals surface area contributed by atoms with Crippen LogP contribution in [0.5, 0.6) is 0 Å². The normalized spacial score (nSPS) is 58.0. The van der Waals surface area contributed by atoms with Gasteiger partial charge in [0.1, 0.15) is 0 Å². The van der Waals surface area contributed by atoms with E-state index in [9.17, 15) is 9.59 Å². The van der Waals surface area contributed by atoms with Gasteiger partial charge in [-0.1, -0.05) is 12.2 Å². The van der Waals surface area contributed by atoms with Gasteiger partial charge >= 0.3 is 5.97 Å². The lowest BCUT2D eigenvalue weighted by atomic mass is 9.49. The minimum absolute atomic E-state index is 0.0239. The third kappa shape index (κ3) is 1.47. The van der Waals surface area contributed by atoms with Crippen molar-refractivity contribution in [3.8, 4) is 0 Å². The zero-order chi connectivity index (χ0) is 16.3. The van der Waals surface area contributed by atoms with Crippen LogP contribution in [0, 0.1) is 40.4 Å². The van der Waals surface area contributed by atoms with Crippen molar-refractivity contribution in [3.05, 3.63) is 12.2 Å². The van der Waals surface area contributed by atoms with Gasteiger partial charge < -0.3 is 4.74 Å². The van der Waals surface area contributed by atoms with E-state index in [0.29, 0.717) is 5.92 Å². The van der Waals surface area contributed by atoms with Gasteiger partial charge in [0.05, 0.1) is 5.41 Å². The molecule has 1 spiro atoms. The molecule has 24 heavy (non-hydrogen) atoms. The van der Waals surface area contributed by atoms with Crippen molar-refractivity contribution in [2.24, 2.45) is 40.4 Å². The van der Waals surface area contributed by atoms with E-state index in [1.807, 2.05) is 0 Å². The van der Waals surface area contributed by atoms with Gasteiger partial charge in [-0.3, -0.25) is 9.59 Å². The minimum Gasteiger partial charge on any atom is -0.450 e. The van der Waals surface area contributed by atoms with Crippen LogP contribution in [0.25, 0.3) is 0 Å². The monoisotopic (exact) mass is 326 g/mol. The van der Waals surface area contributed by atoms with E-state index in [1.165, 1.54) is 25.7 Å². The van der Waals surface area contributed by atoms with Crippen molar-refractivity contribution in [1.29, 1.82) is 0 Å². The van der Waals surface area contributed by atoms with Crippen LogP contribution in [0.3, 0.4) is 0 Å². The molecule has 0 aromatic rings. The Morgan fingerprint density at radius 3 is 2.08 bits per heavy atom. The van der Waals surface area contributed by atoms with Gasteiger partial charge in [-0.2, -0.15) is 0 Å². The summed E-state index contributed by atoms with van der Waals surface area (Å²) in [6.07, 6.45) is 13.4. The Balaban J connectivity index is 1.29. The van der Waals surface area contributed by atoms with Gasteiger partial charge in [0.2, 0.25) is 0 Å². The Morgan fingerprint density at radius 2 is 1.58 bits per heavy atom. The highest BCUT2D eigenvalue weighted by Crippen LogP contribution is 2.77. The fraction of sp³-hybridized carbons (Fsp3) is 0.810. The highest BCUT2D eigenvalue weighted by molar-refractivity contribution is 5.92. The number of allylic oxidation sites excluding steroid dienone is 1. The van der Waals surface area contributed by atoms with Crippen molar-refractivity contribution in [2.45, 2.75) is 63.9 Å². The third-order valence-corrected chi connectivity index (χ3v) is 8.77. The van der Waals surface area contributed by atoms with Crippen LogP contribution < -0.4 is 0 Å². The molecule has 0 aromatic carbocycles. The SMILES string of the molecule is CC(=O)C1(OC(=O)C23CC4CC(CC(C4)C2)C3)CC23CC2C=CC13. The number of hydrogen-bond donors (Lipinski definition) is 0. The molecule has 0 amide bonds. The fourth-order valence-corrected chi connectivity index (χ4v) is 7.95. The topological polar surface area (TPSA) is 43.4 Å². The Kier molecular flexibility index (Phi) is 2.34. The van der Waals surface area contributed by atoms with Crippen molar-refractivity contribution >= 4 is 11.8 Å². The standard InChI is InChI=1S/C21H26O3/c1-12(22)21(11-20-10-16(20)2-3-17(20)21)24-18(23)19-7-13-4-14(8-19)6-15(5-13)9-19/h2-3,13-17H,4-11H2,1H3. The highest BCUT2D eigenvalue weighted by Gasteiger charge is 2.78. The number of carbonyl (C=O) groups excluding carboxylic acids is 2. The van der Waals surface area contributed by atoms with Crippen LogP contribution in [-0.2, 0) is 14.3 Å². The lowest BCUT2D eigenvalue weighted by Crippen LogP contribution is -2.63. The number of ether oxygens (including phenoxy) is 1. The lowest BCUT2D eigenvalue weighted by molar-refractivity contribution is -0.213. The summed E-state index contributed by atoms with van der Waals surface area (Å²) in [6, 6.07) is 0. The molecule has 0 radical (unpaired) electrons. The van der Waals surface area contributed by atoms with Gasteiger partial charge in [0, 0.05) is 12.3 Å². The Hall–Kier alpha value is -1.12. The van der Waals surface area contributed by atoms with E-state index in [-0.39, 0.29) is 28.5 Å². The smallest absolute Gasteiger partial charge is 0.313 e. The summed E-state index contributed by atoms with van der Waals surface area (Å²) in [5.41, 5.74) is -0.805. The van der Waals surface area contributed by atoms with Crippen LogP contribution in [-0.4, -0.2) is 17.4 Å². The summed E-state index contributed by atoms with van der Waals surface area (Å²) in [5, 5.41) is 0. The van der Waals surface area contributed by atoms with Crippen molar-refractivity contribution in [3.63, 3.8) is 0 Å². The highest BCUT2D eigenvalue weighted by atomic mass is 16.6. The number of rotatable bonds is 3. The maximum Gasteiger partial charge on any atom is 0.313 e. The molecule has 0 aromatic heterocycles. The predicted octanol–water partition coefficient (Wildman–Crippen LogP) is 3.67. The van der Waals surface area contributed by atoms with E-state index >= 15 is 0 Å². The summed E-state index contributed by atoms with van der Waals surface area (Å²) in [6.45, 7) is 1.63. The van der Waals surface area contributed by atoms with Crippen molar-refractivity contribution in [2.75, 3.05) is 0 Å². The maximum absolute atomic E-state index is 13.3. The first kappa shape index (κ1) is 14.1. The Bertz CT molecular complexity index is 656. The number of esters is 1. The van der Waals surface area contributed by atoms with E-state index in [2.05, 4.69) is 12.2 Å². The molecule has 128 valence electrons. The summed E-state index contributed by atoms with van der Waals surface area (Å²) in [5.74, 6) is 3.02. The third-order valence-electron chi connectivity index (χ3n) is 8.77. The molecule has 4 atom stereocenters. The molecule has 0 saturated heterocycles. The number of carbonyl (C=O) groups is 2. The zero-order valence-corrected chi connectivity index (χ0v) is 14.4. The van der Waals surface area contributed by atoms with Gasteiger partial charge in [-0.15, -0.1) is 0 Å². The van der Waals surface area contributed by atoms with Crippen LogP contribution in [0.15, 0.2) is 12.2 Å². The second-order valence-electron chi connectivity index (χ2n) is 10.1. The molecule has 0 aliphatic heterocycles. The molecule has 7 aliphatic rings. The van der Waals surface area contributed by atoms with E-state index in [1.54, 1.807) is 6.92 Å². The maximum atomic E-state index is 13.3. The minimum atomic E-state index is -0.831. The molecular formula is C21H26O3. The molecule has 6 saturated carbocycles. The molecule has 7 rings (SSSR count). The van der Waals surface area contributed by atoms with E-state index in [4.69, 9.17) is 4.74 Å². The Labute approximate surface area is 143 Å². The largest absolute Gasteiger partial charge is 0.450 e. The van der Waals surface area contributed by atoms with Gasteiger partial charge in [0.15, 0.2) is 11.4 Å². The molecule has 3 nitrogen and oxygen atoms in total. The second-order valence-corrected chi connectivity index (χ2v) is 10.1. The van der Waals surface area contributed by atoms with Crippen LogP contribution in [0.4, 0.5) is 0 Å². The van der Waals surface area contributed by atoms with E-state index in [0.717, 1.165) is 43.4 Å². The van der Waals surface area contributed by atoms with Gasteiger partial charge in [-0.25, -0.2) is 0 Å². The summed E-state index contributed by atoms with van der Waals surface area (Å²) < 4.78 is 6.19. The van der Waals surface area contributed by atoms with Crippen molar-refractivity contribution in [1.82, 2.24) is 0 Å². The molecule has 0 N–H and O–H groups in total. The number of Topliss-reactive ketones (excluding diaryl/α,β-unsaturated/α-hetero) is 1. The quantitative estimate of drug-likeness (QED) is 0.587. The summed E-state index contributed by atoms with van der Waals surface area (Å²) in [4.78, 5) is 25.8. The molecule has 4 unspecified atom stereocenters. The van der Waals surface area contributed by atoms with E-state index < -0.39 is 5.60 Å². The summed E-state index contributed by atoms with van der Waals surface area (Å²) in [7, 11) is 0. The first-order chi connectivity index (χ1) is 11.5.